The van der Waals surface area contributed by atoms with Crippen LogP contribution in [0.2, 0.25) is 0 Å². The summed E-state index contributed by atoms with van der Waals surface area (Å²) in [5.74, 6) is -1.19. The molecule has 0 amide bonds. The quantitative estimate of drug-likeness (QED) is 0.789. The molecule has 0 aliphatic heterocycles. The van der Waals surface area contributed by atoms with Gasteiger partial charge in [0.25, 0.3) is 10.0 Å². The van der Waals surface area contributed by atoms with Gasteiger partial charge >= 0.3 is 5.97 Å². The van der Waals surface area contributed by atoms with Gasteiger partial charge in [-0.25, -0.2) is 13.2 Å². The number of H-pyrrole nitrogens is 1. The Labute approximate surface area is 122 Å². The van der Waals surface area contributed by atoms with Gasteiger partial charge in [0.05, 0.1) is 10.6 Å². The van der Waals surface area contributed by atoms with Crippen molar-refractivity contribution in [1.82, 2.24) is 4.98 Å². The van der Waals surface area contributed by atoms with Crippen LogP contribution in [0.5, 0.6) is 0 Å². The van der Waals surface area contributed by atoms with Gasteiger partial charge in [0.1, 0.15) is 5.56 Å². The highest BCUT2D eigenvalue weighted by atomic mass is 32.2. The number of hydrogen-bond donors (Lipinski definition) is 3. The van der Waals surface area contributed by atoms with E-state index in [9.17, 15) is 13.2 Å². The highest BCUT2D eigenvalue weighted by Crippen LogP contribution is 2.23. The van der Waals surface area contributed by atoms with Gasteiger partial charge in [-0.2, -0.15) is 0 Å². The number of carboxylic acids is 1. The Hall–Kier alpha value is -2.28. The van der Waals surface area contributed by atoms with Crippen LogP contribution in [0.25, 0.3) is 0 Å². The molecule has 7 heteroatoms. The predicted octanol–water partition coefficient (Wildman–Crippen LogP) is 2.38. The number of benzene rings is 1. The molecule has 0 spiro atoms. The van der Waals surface area contributed by atoms with E-state index in [4.69, 9.17) is 5.11 Å². The lowest BCUT2D eigenvalue weighted by Gasteiger charge is -2.08. The topological polar surface area (TPSA) is 99.3 Å². The zero-order chi connectivity index (χ0) is 15.6. The summed E-state index contributed by atoms with van der Waals surface area (Å²) in [7, 11) is -3.81. The number of carboxylic acid groups (broad SMARTS) is 1. The molecule has 0 aliphatic carbocycles. The third-order valence-electron chi connectivity index (χ3n) is 3.18. The molecule has 112 valence electrons. The maximum absolute atomic E-state index is 12.3. The predicted molar refractivity (Wildman–Crippen MR) is 79.1 cm³/mol. The molecule has 21 heavy (non-hydrogen) atoms. The van der Waals surface area contributed by atoms with Crippen molar-refractivity contribution in [2.24, 2.45) is 0 Å². The van der Waals surface area contributed by atoms with Crippen molar-refractivity contribution < 1.29 is 18.3 Å². The van der Waals surface area contributed by atoms with Crippen molar-refractivity contribution in [3.63, 3.8) is 0 Å². The van der Waals surface area contributed by atoms with Crippen LogP contribution in [-0.2, 0) is 16.4 Å². The van der Waals surface area contributed by atoms with Gasteiger partial charge in [-0.3, -0.25) is 4.72 Å². The van der Waals surface area contributed by atoms with Crippen LogP contribution in [-0.4, -0.2) is 24.5 Å². The maximum atomic E-state index is 12.3. The molecule has 0 saturated carbocycles. The van der Waals surface area contributed by atoms with Gasteiger partial charge in [-0.05, 0) is 31.0 Å². The van der Waals surface area contributed by atoms with Crippen molar-refractivity contribution in [1.29, 1.82) is 0 Å². The first-order valence-corrected chi connectivity index (χ1v) is 7.86. The Morgan fingerprint density at radius 3 is 2.43 bits per heavy atom. The average molecular weight is 308 g/mol. The summed E-state index contributed by atoms with van der Waals surface area (Å²) in [4.78, 5) is 14.0. The van der Waals surface area contributed by atoms with Crippen molar-refractivity contribution in [3.8, 4) is 0 Å². The normalized spacial score (nSPS) is 11.3. The van der Waals surface area contributed by atoms with Crippen LogP contribution in [0.1, 0.15) is 28.5 Å². The second-order valence-corrected chi connectivity index (χ2v) is 6.29. The van der Waals surface area contributed by atoms with E-state index in [1.54, 1.807) is 19.1 Å². The molecule has 1 aromatic heterocycles. The van der Waals surface area contributed by atoms with E-state index >= 15 is 0 Å². The third kappa shape index (κ3) is 3.08. The molecule has 0 atom stereocenters. The number of hydrogen-bond acceptors (Lipinski definition) is 3. The van der Waals surface area contributed by atoms with E-state index in [1.165, 1.54) is 18.3 Å². The second kappa shape index (κ2) is 5.61. The molecule has 3 N–H and O–H groups in total. The molecule has 0 fully saturated rings. The average Bonchev–Trinajstić information content (AvgIpc) is 2.79. The SMILES string of the molecule is CCc1ccc(S(=O)(=O)Nc2c[nH]c(C)c2C(=O)O)cc1. The molecule has 1 aromatic carbocycles. The number of aryl methyl sites for hydroxylation is 2. The molecule has 0 aliphatic rings. The Bertz CT molecular complexity index is 761. The zero-order valence-electron chi connectivity index (χ0n) is 11.7. The number of anilines is 1. The van der Waals surface area contributed by atoms with Crippen molar-refractivity contribution in [3.05, 3.63) is 47.3 Å². The first-order chi connectivity index (χ1) is 9.85. The first kappa shape index (κ1) is 15.1. The third-order valence-corrected chi connectivity index (χ3v) is 4.56. The van der Waals surface area contributed by atoms with Gasteiger partial charge in [0.2, 0.25) is 0 Å². The lowest BCUT2D eigenvalue weighted by atomic mass is 10.2. The van der Waals surface area contributed by atoms with E-state index < -0.39 is 16.0 Å². The Kier molecular flexibility index (Phi) is 4.04. The van der Waals surface area contributed by atoms with E-state index in [1.807, 2.05) is 6.92 Å². The minimum atomic E-state index is -3.81. The summed E-state index contributed by atoms with van der Waals surface area (Å²) in [6, 6.07) is 6.46. The highest BCUT2D eigenvalue weighted by molar-refractivity contribution is 7.92. The molecule has 0 bridgehead atoms. The summed E-state index contributed by atoms with van der Waals surface area (Å²) >= 11 is 0. The van der Waals surface area contributed by atoms with Crippen molar-refractivity contribution in [2.45, 2.75) is 25.2 Å². The smallest absolute Gasteiger partial charge is 0.339 e. The van der Waals surface area contributed by atoms with Gasteiger partial charge in [0, 0.05) is 11.9 Å². The molecule has 0 unspecified atom stereocenters. The summed E-state index contributed by atoms with van der Waals surface area (Å²) in [5, 5.41) is 9.12. The largest absolute Gasteiger partial charge is 0.478 e. The molecule has 1 heterocycles. The summed E-state index contributed by atoms with van der Waals surface area (Å²) in [6.45, 7) is 3.54. The number of aromatic carboxylic acids is 1. The van der Waals surface area contributed by atoms with Gasteiger partial charge in [0.15, 0.2) is 0 Å². The molecular weight excluding hydrogens is 292 g/mol. The number of nitrogens with one attached hydrogen (secondary N) is 2. The standard InChI is InChI=1S/C14H16N2O4S/c1-3-10-4-6-11(7-5-10)21(19,20)16-12-8-15-9(2)13(12)14(17)18/h4-8,15-16H,3H2,1-2H3,(H,17,18). The number of aromatic amines is 1. The number of sulfonamides is 1. The fourth-order valence-electron chi connectivity index (χ4n) is 1.99. The lowest BCUT2D eigenvalue weighted by molar-refractivity contribution is 0.0697. The fourth-order valence-corrected chi connectivity index (χ4v) is 3.05. The maximum Gasteiger partial charge on any atom is 0.339 e. The number of carbonyl (C=O) groups is 1. The monoisotopic (exact) mass is 308 g/mol. The van der Waals surface area contributed by atoms with E-state index in [0.29, 0.717) is 5.69 Å². The van der Waals surface area contributed by atoms with Crippen LogP contribution in [0.4, 0.5) is 5.69 Å². The van der Waals surface area contributed by atoms with Crippen LogP contribution < -0.4 is 4.72 Å². The lowest BCUT2D eigenvalue weighted by Crippen LogP contribution is -2.14. The molecule has 2 rings (SSSR count). The fraction of sp³-hybridized carbons (Fsp3) is 0.214. The van der Waals surface area contributed by atoms with Gasteiger partial charge in [-0.15, -0.1) is 0 Å². The van der Waals surface area contributed by atoms with E-state index in [0.717, 1.165) is 12.0 Å². The Morgan fingerprint density at radius 1 is 1.29 bits per heavy atom. The minimum Gasteiger partial charge on any atom is -0.478 e. The van der Waals surface area contributed by atoms with Crippen LogP contribution in [0, 0.1) is 6.92 Å². The van der Waals surface area contributed by atoms with E-state index in [-0.39, 0.29) is 16.1 Å². The first-order valence-electron chi connectivity index (χ1n) is 6.38. The van der Waals surface area contributed by atoms with Crippen LogP contribution in [0.3, 0.4) is 0 Å². The Morgan fingerprint density at radius 2 is 1.90 bits per heavy atom. The second-order valence-electron chi connectivity index (χ2n) is 4.61. The van der Waals surface area contributed by atoms with E-state index in [2.05, 4.69) is 9.71 Å². The molecule has 0 saturated heterocycles. The molecule has 0 radical (unpaired) electrons. The van der Waals surface area contributed by atoms with Crippen LogP contribution in [0.15, 0.2) is 35.4 Å². The van der Waals surface area contributed by atoms with Gasteiger partial charge < -0.3 is 10.1 Å². The number of aromatic nitrogens is 1. The zero-order valence-corrected chi connectivity index (χ0v) is 12.5. The summed E-state index contributed by atoms with van der Waals surface area (Å²) < 4.78 is 26.8. The molecular formula is C14H16N2O4S. The summed E-state index contributed by atoms with van der Waals surface area (Å²) in [6.07, 6.45) is 2.14. The Balaban J connectivity index is 2.35. The van der Waals surface area contributed by atoms with Crippen molar-refractivity contribution >= 4 is 21.7 Å². The van der Waals surface area contributed by atoms with Crippen molar-refractivity contribution in [2.75, 3.05) is 4.72 Å². The number of rotatable bonds is 5. The van der Waals surface area contributed by atoms with Gasteiger partial charge in [-0.1, -0.05) is 19.1 Å². The summed E-state index contributed by atoms with van der Waals surface area (Å²) in [5.41, 5.74) is 1.36. The molecule has 2 aromatic rings. The van der Waals surface area contributed by atoms with Crippen LogP contribution >= 0.6 is 0 Å². The minimum absolute atomic E-state index is 0.0274. The highest BCUT2D eigenvalue weighted by Gasteiger charge is 2.21. The molecule has 6 nitrogen and oxygen atoms in total.